The molecule has 0 aliphatic heterocycles. The van der Waals surface area contributed by atoms with Gasteiger partial charge in [0.05, 0.1) is 34.0 Å². The van der Waals surface area contributed by atoms with Crippen LogP contribution >= 0.6 is 0 Å². The quantitative estimate of drug-likeness (QED) is 0.836. The number of methoxy groups -OCH3 is 4. The molecule has 2 aromatic rings. The lowest BCUT2D eigenvalue weighted by atomic mass is 9.96. The SMILES string of the molecule is COc1cc(C)c(-c2c(OC)cc(C)cc2OC)c(OC)c1. The van der Waals surface area contributed by atoms with Gasteiger partial charge < -0.3 is 18.9 Å². The van der Waals surface area contributed by atoms with Crippen molar-refractivity contribution >= 4 is 0 Å². The fourth-order valence-corrected chi connectivity index (χ4v) is 2.61. The van der Waals surface area contributed by atoms with Gasteiger partial charge >= 0.3 is 0 Å². The molecule has 0 radical (unpaired) electrons. The van der Waals surface area contributed by atoms with E-state index in [1.807, 2.05) is 38.1 Å². The standard InChI is InChI=1S/C18H22O4/c1-11-7-14(20-4)18(15(8-11)21-5)17-12(2)9-13(19-3)10-16(17)22-6/h7-10H,1-6H3. The zero-order chi connectivity index (χ0) is 16.3. The summed E-state index contributed by atoms with van der Waals surface area (Å²) in [5, 5.41) is 0. The van der Waals surface area contributed by atoms with E-state index in [0.717, 1.165) is 45.3 Å². The van der Waals surface area contributed by atoms with E-state index < -0.39 is 0 Å². The van der Waals surface area contributed by atoms with E-state index in [4.69, 9.17) is 18.9 Å². The van der Waals surface area contributed by atoms with E-state index in [9.17, 15) is 0 Å². The maximum absolute atomic E-state index is 5.57. The number of hydrogen-bond donors (Lipinski definition) is 0. The molecule has 0 aromatic heterocycles. The molecule has 0 spiro atoms. The topological polar surface area (TPSA) is 36.9 Å². The first-order valence-corrected chi connectivity index (χ1v) is 7.01. The third-order valence-corrected chi connectivity index (χ3v) is 3.63. The average molecular weight is 302 g/mol. The molecule has 4 heteroatoms. The molecule has 0 aliphatic carbocycles. The van der Waals surface area contributed by atoms with Crippen LogP contribution in [0.3, 0.4) is 0 Å². The van der Waals surface area contributed by atoms with Gasteiger partial charge in [0.1, 0.15) is 23.0 Å². The van der Waals surface area contributed by atoms with E-state index >= 15 is 0 Å². The molecule has 0 fully saturated rings. The third kappa shape index (κ3) is 2.82. The van der Waals surface area contributed by atoms with Crippen molar-refractivity contribution in [1.82, 2.24) is 0 Å². The summed E-state index contributed by atoms with van der Waals surface area (Å²) in [5.41, 5.74) is 3.92. The van der Waals surface area contributed by atoms with Gasteiger partial charge in [-0.2, -0.15) is 0 Å². The van der Waals surface area contributed by atoms with Gasteiger partial charge in [0.25, 0.3) is 0 Å². The Labute approximate surface area is 131 Å². The normalized spacial score (nSPS) is 10.3. The Morgan fingerprint density at radius 1 is 0.591 bits per heavy atom. The first-order valence-electron chi connectivity index (χ1n) is 7.01. The Kier molecular flexibility index (Phi) is 4.81. The van der Waals surface area contributed by atoms with Crippen LogP contribution in [0.15, 0.2) is 24.3 Å². The maximum atomic E-state index is 5.57. The number of ether oxygens (including phenoxy) is 4. The third-order valence-electron chi connectivity index (χ3n) is 3.63. The second-order valence-electron chi connectivity index (χ2n) is 5.07. The Morgan fingerprint density at radius 2 is 1.09 bits per heavy atom. The Balaban J connectivity index is 2.81. The van der Waals surface area contributed by atoms with Crippen LogP contribution in [0.4, 0.5) is 0 Å². The molecule has 118 valence electrons. The van der Waals surface area contributed by atoms with Crippen molar-refractivity contribution in [2.45, 2.75) is 13.8 Å². The Morgan fingerprint density at radius 3 is 1.55 bits per heavy atom. The van der Waals surface area contributed by atoms with Gasteiger partial charge in [-0.25, -0.2) is 0 Å². The molecule has 0 bridgehead atoms. The van der Waals surface area contributed by atoms with Crippen molar-refractivity contribution in [3.63, 3.8) is 0 Å². The molecule has 0 aliphatic rings. The van der Waals surface area contributed by atoms with Crippen molar-refractivity contribution in [2.24, 2.45) is 0 Å². The van der Waals surface area contributed by atoms with E-state index in [1.165, 1.54) is 0 Å². The van der Waals surface area contributed by atoms with Crippen molar-refractivity contribution < 1.29 is 18.9 Å². The summed E-state index contributed by atoms with van der Waals surface area (Å²) in [7, 11) is 6.60. The molecule has 0 heterocycles. The summed E-state index contributed by atoms with van der Waals surface area (Å²) in [5.74, 6) is 2.98. The maximum Gasteiger partial charge on any atom is 0.130 e. The van der Waals surface area contributed by atoms with Gasteiger partial charge in [-0.05, 0) is 43.2 Å². The molecular formula is C18H22O4. The fraction of sp³-hybridized carbons (Fsp3) is 0.333. The predicted octanol–water partition coefficient (Wildman–Crippen LogP) is 4.00. The highest BCUT2D eigenvalue weighted by atomic mass is 16.5. The van der Waals surface area contributed by atoms with Gasteiger partial charge in [0.15, 0.2) is 0 Å². The van der Waals surface area contributed by atoms with Crippen molar-refractivity contribution in [3.05, 3.63) is 35.4 Å². The molecular weight excluding hydrogens is 280 g/mol. The van der Waals surface area contributed by atoms with Gasteiger partial charge in [-0.3, -0.25) is 0 Å². The summed E-state index contributed by atoms with van der Waals surface area (Å²) in [6.07, 6.45) is 0. The zero-order valence-electron chi connectivity index (χ0n) is 13.9. The van der Waals surface area contributed by atoms with E-state index in [2.05, 4.69) is 0 Å². The smallest absolute Gasteiger partial charge is 0.130 e. The number of aryl methyl sites for hydroxylation is 2. The second kappa shape index (κ2) is 6.60. The van der Waals surface area contributed by atoms with Crippen LogP contribution in [0.25, 0.3) is 11.1 Å². The molecule has 0 N–H and O–H groups in total. The summed E-state index contributed by atoms with van der Waals surface area (Å²) >= 11 is 0. The first kappa shape index (κ1) is 16.0. The van der Waals surface area contributed by atoms with E-state index in [1.54, 1.807) is 28.4 Å². The lowest BCUT2D eigenvalue weighted by Gasteiger charge is -2.19. The van der Waals surface area contributed by atoms with Crippen molar-refractivity contribution in [1.29, 1.82) is 0 Å². The lowest BCUT2D eigenvalue weighted by molar-refractivity contribution is 0.388. The summed E-state index contributed by atoms with van der Waals surface area (Å²) in [4.78, 5) is 0. The highest BCUT2D eigenvalue weighted by Gasteiger charge is 2.20. The predicted molar refractivity (Wildman–Crippen MR) is 87.6 cm³/mol. The highest BCUT2D eigenvalue weighted by molar-refractivity contribution is 5.84. The Bertz CT molecular complexity index is 652. The summed E-state index contributed by atoms with van der Waals surface area (Å²) in [6.45, 7) is 4.02. The molecule has 2 rings (SSSR count). The molecule has 0 saturated carbocycles. The molecule has 2 aromatic carbocycles. The number of benzene rings is 2. The van der Waals surface area contributed by atoms with Crippen LogP contribution in [-0.4, -0.2) is 28.4 Å². The van der Waals surface area contributed by atoms with E-state index in [0.29, 0.717) is 0 Å². The van der Waals surface area contributed by atoms with Crippen molar-refractivity contribution in [3.8, 4) is 34.1 Å². The van der Waals surface area contributed by atoms with Gasteiger partial charge in [0.2, 0.25) is 0 Å². The van der Waals surface area contributed by atoms with Gasteiger partial charge in [-0.1, -0.05) is 0 Å². The first-order chi connectivity index (χ1) is 10.5. The van der Waals surface area contributed by atoms with Gasteiger partial charge in [0, 0.05) is 11.6 Å². The molecule has 0 amide bonds. The van der Waals surface area contributed by atoms with Crippen LogP contribution in [-0.2, 0) is 0 Å². The van der Waals surface area contributed by atoms with Crippen LogP contribution in [0.1, 0.15) is 11.1 Å². The Hall–Kier alpha value is -2.36. The fourth-order valence-electron chi connectivity index (χ4n) is 2.61. The van der Waals surface area contributed by atoms with Gasteiger partial charge in [-0.15, -0.1) is 0 Å². The monoisotopic (exact) mass is 302 g/mol. The minimum Gasteiger partial charge on any atom is -0.497 e. The molecule has 0 unspecified atom stereocenters. The highest BCUT2D eigenvalue weighted by Crippen LogP contribution is 2.46. The zero-order valence-corrected chi connectivity index (χ0v) is 13.9. The number of rotatable bonds is 5. The summed E-state index contributed by atoms with van der Waals surface area (Å²) in [6, 6.07) is 7.81. The van der Waals surface area contributed by atoms with Crippen LogP contribution in [0.5, 0.6) is 23.0 Å². The molecule has 22 heavy (non-hydrogen) atoms. The summed E-state index contributed by atoms with van der Waals surface area (Å²) < 4.78 is 22.0. The number of hydrogen-bond acceptors (Lipinski definition) is 4. The second-order valence-corrected chi connectivity index (χ2v) is 5.07. The average Bonchev–Trinajstić information content (AvgIpc) is 2.53. The molecule has 0 atom stereocenters. The largest absolute Gasteiger partial charge is 0.497 e. The molecule has 4 nitrogen and oxygen atoms in total. The lowest BCUT2D eigenvalue weighted by Crippen LogP contribution is -1.99. The molecule has 0 saturated heterocycles. The van der Waals surface area contributed by atoms with Crippen LogP contribution < -0.4 is 18.9 Å². The van der Waals surface area contributed by atoms with Crippen molar-refractivity contribution in [2.75, 3.05) is 28.4 Å². The van der Waals surface area contributed by atoms with Crippen LogP contribution in [0.2, 0.25) is 0 Å². The van der Waals surface area contributed by atoms with Crippen LogP contribution in [0, 0.1) is 13.8 Å². The van der Waals surface area contributed by atoms with E-state index in [-0.39, 0.29) is 0 Å². The minimum atomic E-state index is 0.720. The minimum absolute atomic E-state index is 0.720.